The minimum atomic E-state index is -0.273. The number of nitrogens with one attached hydrogen (secondary N) is 2. The lowest BCUT2D eigenvalue weighted by molar-refractivity contribution is 0.102. The van der Waals surface area contributed by atoms with Crippen molar-refractivity contribution in [3.05, 3.63) is 41.7 Å². The Balaban J connectivity index is 1.66. The number of aryl methyl sites for hydroxylation is 1. The molecule has 7 heteroatoms. The van der Waals surface area contributed by atoms with Crippen LogP contribution in [0.15, 0.2) is 30.5 Å². The number of anilines is 1. The summed E-state index contributed by atoms with van der Waals surface area (Å²) in [5, 5.41) is 10.6. The number of carbonyl (C=O) groups is 1. The van der Waals surface area contributed by atoms with Gasteiger partial charge in [0.25, 0.3) is 5.91 Å². The smallest absolute Gasteiger partial charge is 0.259 e. The van der Waals surface area contributed by atoms with Gasteiger partial charge in [-0.15, -0.1) is 0 Å². The van der Waals surface area contributed by atoms with Crippen molar-refractivity contribution in [3.63, 3.8) is 0 Å². The number of hydrogen-bond donors (Lipinski definition) is 2. The Morgan fingerprint density at radius 3 is 3.18 bits per heavy atom. The zero-order chi connectivity index (χ0) is 15.1. The molecule has 0 aliphatic carbocycles. The summed E-state index contributed by atoms with van der Waals surface area (Å²) in [4.78, 5) is 16.6. The molecule has 22 heavy (non-hydrogen) atoms. The van der Waals surface area contributed by atoms with Gasteiger partial charge in [-0.2, -0.15) is 5.10 Å². The minimum absolute atomic E-state index is 0.126. The van der Waals surface area contributed by atoms with Crippen molar-refractivity contribution >= 4 is 22.6 Å². The number of aromatic amines is 1. The zero-order valence-corrected chi connectivity index (χ0v) is 11.7. The van der Waals surface area contributed by atoms with Crippen LogP contribution in [0.1, 0.15) is 16.1 Å². The lowest BCUT2D eigenvalue weighted by atomic mass is 10.1. The van der Waals surface area contributed by atoms with Crippen molar-refractivity contribution in [1.29, 1.82) is 0 Å². The topological polar surface area (TPSA) is 89.1 Å². The third kappa shape index (κ3) is 1.95. The minimum Gasteiger partial charge on any atom is -0.454 e. The molecule has 0 saturated heterocycles. The van der Waals surface area contributed by atoms with Gasteiger partial charge in [-0.25, -0.2) is 4.98 Å². The van der Waals surface area contributed by atoms with E-state index in [1.165, 1.54) is 0 Å². The molecule has 0 saturated carbocycles. The van der Waals surface area contributed by atoms with E-state index < -0.39 is 0 Å². The summed E-state index contributed by atoms with van der Waals surface area (Å²) in [5.41, 5.74) is 2.54. The highest BCUT2D eigenvalue weighted by Gasteiger charge is 2.22. The second kappa shape index (κ2) is 4.73. The molecule has 0 radical (unpaired) electrons. The van der Waals surface area contributed by atoms with Gasteiger partial charge in [0.2, 0.25) is 6.79 Å². The first kappa shape index (κ1) is 12.6. The molecule has 7 nitrogen and oxygen atoms in total. The van der Waals surface area contributed by atoms with Crippen LogP contribution in [-0.2, 0) is 0 Å². The summed E-state index contributed by atoms with van der Waals surface area (Å²) in [7, 11) is 0. The van der Waals surface area contributed by atoms with Crippen molar-refractivity contribution in [2.24, 2.45) is 0 Å². The predicted octanol–water partition coefficient (Wildman–Crippen LogP) is 2.25. The fourth-order valence-corrected chi connectivity index (χ4v) is 2.40. The molecule has 3 heterocycles. The average molecular weight is 296 g/mol. The maximum absolute atomic E-state index is 12.4. The van der Waals surface area contributed by atoms with E-state index >= 15 is 0 Å². The maximum Gasteiger partial charge on any atom is 0.259 e. The molecule has 1 amide bonds. The Bertz CT molecular complexity index is 888. The molecule has 1 aliphatic heterocycles. The predicted molar refractivity (Wildman–Crippen MR) is 79.1 cm³/mol. The molecule has 2 N–H and O–H groups in total. The molecular weight excluding hydrogens is 284 g/mol. The number of rotatable bonds is 2. The largest absolute Gasteiger partial charge is 0.454 e. The Labute approximate surface area is 125 Å². The first-order valence-corrected chi connectivity index (χ1v) is 6.73. The highest BCUT2D eigenvalue weighted by molar-refractivity contribution is 6.07. The normalized spacial score (nSPS) is 12.6. The third-order valence-electron chi connectivity index (χ3n) is 3.50. The number of benzene rings is 1. The number of nitrogens with zero attached hydrogens (tertiary/aromatic N) is 2. The number of pyridine rings is 1. The maximum atomic E-state index is 12.4. The molecule has 0 bridgehead atoms. The molecule has 0 atom stereocenters. The summed E-state index contributed by atoms with van der Waals surface area (Å²) in [6, 6.07) is 7.04. The van der Waals surface area contributed by atoms with E-state index in [2.05, 4.69) is 20.5 Å². The van der Waals surface area contributed by atoms with E-state index in [1.807, 2.05) is 13.0 Å². The molecule has 0 fully saturated rings. The SMILES string of the molecule is Cc1[nH]nc2ncc(NC(=O)c3cccc4c3OCO4)cc12. The first-order chi connectivity index (χ1) is 10.7. The molecule has 110 valence electrons. The van der Waals surface area contributed by atoms with Crippen molar-refractivity contribution in [3.8, 4) is 11.5 Å². The van der Waals surface area contributed by atoms with Gasteiger partial charge in [0.05, 0.1) is 17.4 Å². The standard InChI is InChI=1S/C15H12N4O3/c1-8-11-5-9(6-16-14(11)19-18-8)17-15(20)10-3-2-4-12-13(10)22-7-21-12/h2-6H,7H2,1H3,(H,17,20)(H,16,18,19). The summed E-state index contributed by atoms with van der Waals surface area (Å²) in [5.74, 6) is 0.769. The molecule has 3 aromatic rings. The van der Waals surface area contributed by atoms with Gasteiger partial charge in [-0.1, -0.05) is 6.07 Å². The number of fused-ring (bicyclic) bond motifs is 2. The van der Waals surface area contributed by atoms with Gasteiger partial charge in [0, 0.05) is 11.1 Å². The quantitative estimate of drug-likeness (QED) is 0.757. The fourth-order valence-electron chi connectivity index (χ4n) is 2.40. The van der Waals surface area contributed by atoms with Crippen LogP contribution in [0.4, 0.5) is 5.69 Å². The van der Waals surface area contributed by atoms with Gasteiger partial charge in [-0.05, 0) is 25.1 Å². The molecule has 2 aromatic heterocycles. The van der Waals surface area contributed by atoms with Crippen LogP contribution < -0.4 is 14.8 Å². The van der Waals surface area contributed by atoms with Crippen LogP contribution in [0.25, 0.3) is 11.0 Å². The van der Waals surface area contributed by atoms with Gasteiger partial charge in [0.1, 0.15) is 0 Å². The number of H-pyrrole nitrogens is 1. The summed E-state index contributed by atoms with van der Waals surface area (Å²) in [6.07, 6.45) is 1.57. The van der Waals surface area contributed by atoms with E-state index in [0.29, 0.717) is 28.4 Å². The van der Waals surface area contributed by atoms with E-state index in [-0.39, 0.29) is 12.7 Å². The summed E-state index contributed by atoms with van der Waals surface area (Å²) >= 11 is 0. The number of hydrogen-bond acceptors (Lipinski definition) is 5. The second-order valence-corrected chi connectivity index (χ2v) is 4.94. The second-order valence-electron chi connectivity index (χ2n) is 4.94. The lowest BCUT2D eigenvalue weighted by Gasteiger charge is -2.07. The van der Waals surface area contributed by atoms with E-state index in [0.717, 1.165) is 11.1 Å². The molecule has 1 aliphatic rings. The van der Waals surface area contributed by atoms with Crippen LogP contribution in [-0.4, -0.2) is 27.9 Å². The van der Waals surface area contributed by atoms with Crippen molar-refractivity contribution in [2.45, 2.75) is 6.92 Å². The van der Waals surface area contributed by atoms with Crippen molar-refractivity contribution < 1.29 is 14.3 Å². The van der Waals surface area contributed by atoms with Gasteiger partial charge >= 0.3 is 0 Å². The Hall–Kier alpha value is -3.09. The van der Waals surface area contributed by atoms with Gasteiger partial charge < -0.3 is 14.8 Å². The van der Waals surface area contributed by atoms with E-state index in [1.54, 1.807) is 24.4 Å². The molecule has 1 aromatic carbocycles. The van der Waals surface area contributed by atoms with Crippen molar-refractivity contribution in [1.82, 2.24) is 15.2 Å². The van der Waals surface area contributed by atoms with Crippen LogP contribution in [0.5, 0.6) is 11.5 Å². The number of carbonyl (C=O) groups excluding carboxylic acids is 1. The van der Waals surface area contributed by atoms with Crippen LogP contribution in [0.2, 0.25) is 0 Å². The Morgan fingerprint density at radius 1 is 1.36 bits per heavy atom. The summed E-state index contributed by atoms with van der Waals surface area (Å²) < 4.78 is 10.6. The Morgan fingerprint density at radius 2 is 2.27 bits per heavy atom. The van der Waals surface area contributed by atoms with Crippen LogP contribution >= 0.6 is 0 Å². The average Bonchev–Trinajstić information content (AvgIpc) is 3.14. The van der Waals surface area contributed by atoms with E-state index in [4.69, 9.17) is 9.47 Å². The summed E-state index contributed by atoms with van der Waals surface area (Å²) in [6.45, 7) is 2.03. The number of amides is 1. The molecule has 0 spiro atoms. The van der Waals surface area contributed by atoms with Gasteiger partial charge in [0.15, 0.2) is 17.1 Å². The molecule has 0 unspecified atom stereocenters. The lowest BCUT2D eigenvalue weighted by Crippen LogP contribution is -2.12. The van der Waals surface area contributed by atoms with Crippen LogP contribution in [0.3, 0.4) is 0 Å². The third-order valence-corrected chi connectivity index (χ3v) is 3.50. The first-order valence-electron chi connectivity index (χ1n) is 6.73. The van der Waals surface area contributed by atoms with Crippen LogP contribution in [0, 0.1) is 6.92 Å². The highest BCUT2D eigenvalue weighted by atomic mass is 16.7. The van der Waals surface area contributed by atoms with Gasteiger partial charge in [-0.3, -0.25) is 9.89 Å². The number of ether oxygens (including phenoxy) is 2. The molecular formula is C15H12N4O3. The highest BCUT2D eigenvalue weighted by Crippen LogP contribution is 2.35. The monoisotopic (exact) mass is 296 g/mol. The van der Waals surface area contributed by atoms with Crippen molar-refractivity contribution in [2.75, 3.05) is 12.1 Å². The Kier molecular flexibility index (Phi) is 2.72. The fraction of sp³-hybridized carbons (Fsp3) is 0.133. The number of aromatic nitrogens is 3. The number of para-hydroxylation sites is 1. The zero-order valence-electron chi connectivity index (χ0n) is 11.7. The molecule has 4 rings (SSSR count). The van der Waals surface area contributed by atoms with E-state index in [9.17, 15) is 4.79 Å².